The number of phenols is 1. The molecule has 0 bridgehead atoms. The molecule has 1 atom stereocenters. The average molecular weight is 411 g/mol. The van der Waals surface area contributed by atoms with Gasteiger partial charge in [0.2, 0.25) is 5.78 Å². The van der Waals surface area contributed by atoms with Gasteiger partial charge in [-0.1, -0.05) is 0 Å². The van der Waals surface area contributed by atoms with Crippen molar-refractivity contribution in [3.8, 4) is 11.5 Å². The molecule has 1 aromatic carbocycles. The fourth-order valence-corrected chi connectivity index (χ4v) is 4.11. The average Bonchev–Trinajstić information content (AvgIpc) is 3.34. The van der Waals surface area contributed by atoms with Crippen molar-refractivity contribution in [3.63, 3.8) is 0 Å². The molecule has 0 aliphatic carbocycles. The van der Waals surface area contributed by atoms with Crippen molar-refractivity contribution in [1.82, 2.24) is 4.90 Å². The summed E-state index contributed by atoms with van der Waals surface area (Å²) in [7, 11) is 0. The number of Topliss-reactive ketones (excluding diaryl/α,β-unsaturated/α-hetero) is 1. The zero-order chi connectivity index (χ0) is 21.3. The number of ketones is 1. The summed E-state index contributed by atoms with van der Waals surface area (Å²) in [6, 6.07) is 5.07. The van der Waals surface area contributed by atoms with Crippen molar-refractivity contribution in [2.75, 3.05) is 19.7 Å². The number of benzene rings is 1. The maximum absolute atomic E-state index is 12.9. The number of piperidine rings is 1. The minimum atomic E-state index is -0.233. The highest BCUT2D eigenvalue weighted by Crippen LogP contribution is 2.42. The van der Waals surface area contributed by atoms with E-state index in [-0.39, 0.29) is 29.2 Å². The van der Waals surface area contributed by atoms with Gasteiger partial charge in [-0.25, -0.2) is 0 Å². The first-order valence-corrected chi connectivity index (χ1v) is 10.2. The zero-order valence-corrected chi connectivity index (χ0v) is 17.1. The number of furan rings is 1. The van der Waals surface area contributed by atoms with Gasteiger partial charge in [-0.3, -0.25) is 14.5 Å². The number of likely N-dealkylation sites (tertiary alicyclic amines) is 1. The van der Waals surface area contributed by atoms with Crippen molar-refractivity contribution in [3.05, 3.63) is 52.7 Å². The van der Waals surface area contributed by atoms with Gasteiger partial charge in [0.25, 0.3) is 0 Å². The van der Waals surface area contributed by atoms with Crippen molar-refractivity contribution in [1.29, 1.82) is 0 Å². The first-order chi connectivity index (χ1) is 14.5. The predicted octanol–water partition coefficient (Wildman–Crippen LogP) is 3.68. The standard InChI is InChI=1S/C23H25NO6/c1-3-28-23(27)15-6-4-8-24(12-15)13-17-18(25)10-14(2)20-21(26)19(30-22(17)20)11-16-7-5-9-29-16/h5,7,9-11,15,25H,3-4,6,8,12-13H2,1-2H3/b19-11-. The number of fused-ring (bicyclic) bond motifs is 1. The molecule has 2 aliphatic rings. The summed E-state index contributed by atoms with van der Waals surface area (Å²) in [6.45, 7) is 5.66. The summed E-state index contributed by atoms with van der Waals surface area (Å²) in [6.07, 6.45) is 4.73. The van der Waals surface area contributed by atoms with Gasteiger partial charge in [0, 0.05) is 19.2 Å². The second-order valence-electron chi connectivity index (χ2n) is 7.68. The summed E-state index contributed by atoms with van der Waals surface area (Å²) >= 11 is 0. The molecule has 1 N–H and O–H groups in total. The number of phenolic OH excluding ortho intramolecular Hbond substituents is 1. The Labute approximate surface area is 174 Å². The molecule has 30 heavy (non-hydrogen) atoms. The van der Waals surface area contributed by atoms with Crippen LogP contribution < -0.4 is 4.74 Å². The van der Waals surface area contributed by atoms with Crippen LogP contribution in [0.15, 0.2) is 34.6 Å². The molecule has 2 aromatic rings. The molecular weight excluding hydrogens is 386 g/mol. The van der Waals surface area contributed by atoms with Gasteiger partial charge >= 0.3 is 5.97 Å². The van der Waals surface area contributed by atoms with Gasteiger partial charge < -0.3 is 19.0 Å². The molecule has 0 radical (unpaired) electrons. The fourth-order valence-electron chi connectivity index (χ4n) is 4.11. The summed E-state index contributed by atoms with van der Waals surface area (Å²) in [4.78, 5) is 27.2. The van der Waals surface area contributed by atoms with E-state index >= 15 is 0 Å². The van der Waals surface area contributed by atoms with Crippen molar-refractivity contribution in [2.24, 2.45) is 5.92 Å². The van der Waals surface area contributed by atoms with E-state index < -0.39 is 0 Å². The molecule has 0 saturated carbocycles. The number of carbonyl (C=O) groups excluding carboxylic acids is 2. The Morgan fingerprint density at radius 3 is 3.00 bits per heavy atom. The quantitative estimate of drug-likeness (QED) is 0.593. The molecule has 7 nitrogen and oxygen atoms in total. The predicted molar refractivity (Wildman–Crippen MR) is 109 cm³/mol. The Bertz CT molecular complexity index is 992. The highest BCUT2D eigenvalue weighted by molar-refractivity contribution is 6.15. The summed E-state index contributed by atoms with van der Waals surface area (Å²) < 4.78 is 16.4. The van der Waals surface area contributed by atoms with E-state index in [2.05, 4.69) is 4.90 Å². The van der Waals surface area contributed by atoms with Gasteiger partial charge in [0.05, 0.1) is 29.9 Å². The minimum absolute atomic E-state index is 0.0801. The van der Waals surface area contributed by atoms with E-state index in [1.807, 2.05) is 0 Å². The van der Waals surface area contributed by atoms with E-state index in [1.54, 1.807) is 38.1 Å². The summed E-state index contributed by atoms with van der Waals surface area (Å²) in [5, 5.41) is 10.6. The van der Waals surface area contributed by atoms with E-state index in [9.17, 15) is 14.7 Å². The third-order valence-electron chi connectivity index (χ3n) is 5.54. The second-order valence-corrected chi connectivity index (χ2v) is 7.68. The third kappa shape index (κ3) is 3.85. The molecule has 1 unspecified atom stereocenters. The van der Waals surface area contributed by atoms with Crippen LogP contribution in [0.1, 0.15) is 47.0 Å². The van der Waals surface area contributed by atoms with E-state index in [1.165, 1.54) is 6.26 Å². The summed E-state index contributed by atoms with van der Waals surface area (Å²) in [5.74, 6) is 0.543. The topological polar surface area (TPSA) is 89.2 Å². The number of rotatable bonds is 5. The lowest BCUT2D eigenvalue weighted by molar-refractivity contribution is -0.150. The van der Waals surface area contributed by atoms with Crippen LogP contribution in [0.3, 0.4) is 0 Å². The molecule has 0 spiro atoms. The second kappa shape index (κ2) is 8.36. The Morgan fingerprint density at radius 2 is 2.27 bits per heavy atom. The fraction of sp³-hybridized carbons (Fsp3) is 0.391. The molecule has 4 rings (SSSR count). The largest absolute Gasteiger partial charge is 0.507 e. The molecular formula is C23H25NO6. The van der Waals surface area contributed by atoms with E-state index in [4.69, 9.17) is 13.9 Å². The number of aromatic hydroxyl groups is 1. The number of nitrogens with zero attached hydrogens (tertiary/aromatic N) is 1. The van der Waals surface area contributed by atoms with Crippen LogP contribution in [0.25, 0.3) is 6.08 Å². The van der Waals surface area contributed by atoms with Crippen molar-refractivity contribution < 1.29 is 28.6 Å². The molecule has 0 amide bonds. The lowest BCUT2D eigenvalue weighted by atomic mass is 9.96. The smallest absolute Gasteiger partial charge is 0.310 e. The molecule has 1 aromatic heterocycles. The zero-order valence-electron chi connectivity index (χ0n) is 17.1. The van der Waals surface area contributed by atoms with Gasteiger partial charge in [-0.2, -0.15) is 0 Å². The highest BCUT2D eigenvalue weighted by atomic mass is 16.5. The number of hydrogen-bond donors (Lipinski definition) is 1. The molecule has 2 aliphatic heterocycles. The normalized spacial score (nSPS) is 20.3. The number of aryl methyl sites for hydroxylation is 1. The Morgan fingerprint density at radius 1 is 1.43 bits per heavy atom. The van der Waals surface area contributed by atoms with E-state index in [0.717, 1.165) is 19.4 Å². The minimum Gasteiger partial charge on any atom is -0.507 e. The van der Waals surface area contributed by atoms with Gasteiger partial charge in [0.1, 0.15) is 17.3 Å². The van der Waals surface area contributed by atoms with Crippen molar-refractivity contribution in [2.45, 2.75) is 33.2 Å². The van der Waals surface area contributed by atoms with Crippen LogP contribution in [0.4, 0.5) is 0 Å². The van der Waals surface area contributed by atoms with Crippen LogP contribution >= 0.6 is 0 Å². The number of esters is 1. The number of hydrogen-bond acceptors (Lipinski definition) is 7. The Hall–Kier alpha value is -3.06. The number of carbonyl (C=O) groups is 2. The summed E-state index contributed by atoms with van der Waals surface area (Å²) in [5.41, 5.74) is 1.66. The Kier molecular flexibility index (Phi) is 5.63. The van der Waals surface area contributed by atoms with Crippen LogP contribution in [0.5, 0.6) is 11.5 Å². The van der Waals surface area contributed by atoms with Crippen molar-refractivity contribution >= 4 is 17.8 Å². The first-order valence-electron chi connectivity index (χ1n) is 10.2. The first kappa shape index (κ1) is 20.2. The molecule has 1 fully saturated rings. The SMILES string of the molecule is CCOC(=O)C1CCCN(Cc2c(O)cc(C)c3c2O/C(=C\c2ccco2)C3=O)C1. The monoisotopic (exact) mass is 411 g/mol. The molecule has 158 valence electrons. The highest BCUT2D eigenvalue weighted by Gasteiger charge is 2.35. The molecule has 1 saturated heterocycles. The third-order valence-corrected chi connectivity index (χ3v) is 5.54. The van der Waals surface area contributed by atoms with Crippen LogP contribution in [0, 0.1) is 12.8 Å². The molecule has 3 heterocycles. The maximum atomic E-state index is 12.9. The Balaban J connectivity index is 1.60. The molecule has 7 heteroatoms. The van der Waals surface area contributed by atoms with Crippen LogP contribution in [-0.2, 0) is 16.1 Å². The number of allylic oxidation sites excluding steroid dienone is 1. The van der Waals surface area contributed by atoms with Crippen LogP contribution in [-0.4, -0.2) is 41.5 Å². The van der Waals surface area contributed by atoms with Crippen LogP contribution in [0.2, 0.25) is 0 Å². The van der Waals surface area contributed by atoms with E-state index in [0.29, 0.717) is 47.9 Å². The van der Waals surface area contributed by atoms with Gasteiger partial charge in [-0.05, 0) is 57.0 Å². The van der Waals surface area contributed by atoms with Gasteiger partial charge in [0.15, 0.2) is 5.76 Å². The lowest BCUT2D eigenvalue weighted by Crippen LogP contribution is -2.39. The number of ether oxygens (including phenoxy) is 2. The lowest BCUT2D eigenvalue weighted by Gasteiger charge is -2.31. The van der Waals surface area contributed by atoms with Gasteiger partial charge in [-0.15, -0.1) is 0 Å². The maximum Gasteiger partial charge on any atom is 0.310 e.